The van der Waals surface area contributed by atoms with Gasteiger partial charge >= 0.3 is 0 Å². The lowest BCUT2D eigenvalue weighted by Crippen LogP contribution is -2.25. The molecule has 1 unspecified atom stereocenters. The van der Waals surface area contributed by atoms with Crippen LogP contribution in [-0.4, -0.2) is 34.1 Å². The first kappa shape index (κ1) is 14.3. The summed E-state index contributed by atoms with van der Waals surface area (Å²) in [5, 5.41) is 0. The van der Waals surface area contributed by atoms with Crippen LogP contribution in [0.25, 0.3) is 0 Å². The molecule has 1 aliphatic heterocycles. The smallest absolute Gasteiger partial charge is 0.139 e. The molecule has 1 aliphatic rings. The van der Waals surface area contributed by atoms with Crippen LogP contribution >= 0.6 is 15.9 Å². The van der Waals surface area contributed by atoms with Crippen LogP contribution < -0.4 is 9.64 Å². The van der Waals surface area contributed by atoms with Gasteiger partial charge in [-0.2, -0.15) is 0 Å². The number of anilines is 1. The van der Waals surface area contributed by atoms with Crippen molar-refractivity contribution >= 4 is 21.7 Å². The maximum atomic E-state index is 5.99. The Kier molecular flexibility index (Phi) is 4.05. The van der Waals surface area contributed by atoms with E-state index < -0.39 is 0 Å². The second-order valence-electron chi connectivity index (χ2n) is 5.23. The van der Waals surface area contributed by atoms with Crippen molar-refractivity contribution in [1.29, 1.82) is 0 Å². The zero-order valence-corrected chi connectivity index (χ0v) is 13.7. The predicted octanol–water partition coefficient (Wildman–Crippen LogP) is 2.91. The van der Waals surface area contributed by atoms with Gasteiger partial charge in [-0.15, -0.1) is 0 Å². The van der Waals surface area contributed by atoms with Crippen molar-refractivity contribution in [2.24, 2.45) is 0 Å². The second-order valence-corrected chi connectivity index (χ2v) is 6.14. The lowest BCUT2D eigenvalue weighted by Gasteiger charge is -2.18. The molecule has 0 N–H and O–H groups in total. The normalized spacial score (nSPS) is 18.0. The number of pyridine rings is 1. The Labute approximate surface area is 132 Å². The third-order valence-corrected chi connectivity index (χ3v) is 3.84. The summed E-state index contributed by atoms with van der Waals surface area (Å²) in [6.45, 7) is 5.70. The minimum Gasteiger partial charge on any atom is -0.487 e. The van der Waals surface area contributed by atoms with E-state index in [1.165, 1.54) is 0 Å². The molecule has 1 saturated heterocycles. The number of hydrogen-bond donors (Lipinski definition) is 0. The summed E-state index contributed by atoms with van der Waals surface area (Å²) in [6, 6.07) is 3.96. The fraction of sp³-hybridized carbons (Fsp3) is 0.400. The molecule has 3 rings (SSSR count). The molecular weight excluding hydrogens is 332 g/mol. The largest absolute Gasteiger partial charge is 0.487 e. The Morgan fingerprint density at radius 1 is 1.24 bits per heavy atom. The van der Waals surface area contributed by atoms with Crippen LogP contribution in [0.5, 0.6) is 5.75 Å². The van der Waals surface area contributed by atoms with Gasteiger partial charge < -0.3 is 9.64 Å². The average molecular weight is 349 g/mol. The van der Waals surface area contributed by atoms with Gasteiger partial charge in [-0.1, -0.05) is 0 Å². The Hall–Kier alpha value is -1.69. The minimum absolute atomic E-state index is 0.164. The van der Waals surface area contributed by atoms with Crippen LogP contribution in [0.1, 0.15) is 17.9 Å². The fourth-order valence-electron chi connectivity index (χ4n) is 2.54. The molecule has 3 heterocycles. The minimum atomic E-state index is 0.164. The number of rotatable bonds is 3. The van der Waals surface area contributed by atoms with Crippen LogP contribution in [0.3, 0.4) is 0 Å². The Bertz CT molecular complexity index is 629. The van der Waals surface area contributed by atoms with E-state index in [9.17, 15) is 0 Å². The van der Waals surface area contributed by atoms with E-state index in [0.29, 0.717) is 0 Å². The Balaban J connectivity index is 1.68. The maximum Gasteiger partial charge on any atom is 0.139 e. The third-order valence-electron chi connectivity index (χ3n) is 3.40. The van der Waals surface area contributed by atoms with Crippen molar-refractivity contribution in [2.75, 3.05) is 18.0 Å². The molecule has 0 radical (unpaired) electrons. The van der Waals surface area contributed by atoms with Crippen molar-refractivity contribution in [2.45, 2.75) is 26.4 Å². The molecule has 2 aromatic heterocycles. The number of halogens is 1. The van der Waals surface area contributed by atoms with E-state index in [4.69, 9.17) is 4.74 Å². The summed E-state index contributed by atoms with van der Waals surface area (Å²) in [4.78, 5) is 15.2. The third kappa shape index (κ3) is 3.50. The molecule has 2 aromatic rings. The van der Waals surface area contributed by atoms with E-state index >= 15 is 0 Å². The summed E-state index contributed by atoms with van der Waals surface area (Å²) in [5.74, 6) is 2.59. The molecule has 21 heavy (non-hydrogen) atoms. The highest BCUT2D eigenvalue weighted by Gasteiger charge is 2.25. The molecule has 0 aromatic carbocycles. The quantitative estimate of drug-likeness (QED) is 0.853. The summed E-state index contributed by atoms with van der Waals surface area (Å²) in [6.07, 6.45) is 4.64. The molecule has 0 aliphatic carbocycles. The summed E-state index contributed by atoms with van der Waals surface area (Å²) in [5.41, 5.74) is 0.998. The van der Waals surface area contributed by atoms with Gasteiger partial charge in [0.25, 0.3) is 0 Å². The Morgan fingerprint density at radius 3 is 2.86 bits per heavy atom. The molecule has 0 bridgehead atoms. The van der Waals surface area contributed by atoms with Gasteiger partial charge in [-0.25, -0.2) is 9.97 Å². The van der Waals surface area contributed by atoms with E-state index in [-0.39, 0.29) is 6.10 Å². The van der Waals surface area contributed by atoms with Crippen molar-refractivity contribution in [3.8, 4) is 5.75 Å². The van der Waals surface area contributed by atoms with Crippen LogP contribution in [0, 0.1) is 13.8 Å². The molecule has 0 amide bonds. The predicted molar refractivity (Wildman–Crippen MR) is 84.7 cm³/mol. The zero-order valence-electron chi connectivity index (χ0n) is 12.1. The Morgan fingerprint density at radius 2 is 2.10 bits per heavy atom. The average Bonchev–Trinajstić information content (AvgIpc) is 2.86. The van der Waals surface area contributed by atoms with Crippen LogP contribution in [-0.2, 0) is 0 Å². The standard InChI is InChI=1S/C15H17BrN4O/c1-10-5-15(19-11(2)18-10)20-4-3-13(9-20)21-14-6-12(16)7-17-8-14/h5-8,13H,3-4,9H2,1-2H3. The SMILES string of the molecule is Cc1cc(N2CCC(Oc3cncc(Br)c3)C2)nc(C)n1. The van der Waals surface area contributed by atoms with Crippen LogP contribution in [0.15, 0.2) is 29.0 Å². The summed E-state index contributed by atoms with van der Waals surface area (Å²) < 4.78 is 6.92. The number of nitrogens with zero attached hydrogens (tertiary/aromatic N) is 4. The van der Waals surface area contributed by atoms with E-state index in [0.717, 1.165) is 47.1 Å². The van der Waals surface area contributed by atoms with Gasteiger partial charge in [-0.3, -0.25) is 4.98 Å². The lowest BCUT2D eigenvalue weighted by molar-refractivity contribution is 0.224. The lowest BCUT2D eigenvalue weighted by atomic mass is 10.3. The number of aryl methyl sites for hydroxylation is 2. The zero-order chi connectivity index (χ0) is 14.8. The first-order valence-electron chi connectivity index (χ1n) is 6.94. The number of ether oxygens (including phenoxy) is 1. The highest BCUT2D eigenvalue weighted by molar-refractivity contribution is 9.10. The molecule has 1 atom stereocenters. The van der Waals surface area contributed by atoms with Gasteiger partial charge in [0, 0.05) is 35.4 Å². The highest BCUT2D eigenvalue weighted by atomic mass is 79.9. The van der Waals surface area contributed by atoms with Gasteiger partial charge in [0.1, 0.15) is 23.5 Å². The number of aromatic nitrogens is 3. The molecule has 1 fully saturated rings. The molecule has 0 spiro atoms. The molecule has 110 valence electrons. The maximum absolute atomic E-state index is 5.99. The van der Waals surface area contributed by atoms with Gasteiger partial charge in [0.05, 0.1) is 12.7 Å². The monoisotopic (exact) mass is 348 g/mol. The van der Waals surface area contributed by atoms with Crippen molar-refractivity contribution in [3.63, 3.8) is 0 Å². The number of hydrogen-bond acceptors (Lipinski definition) is 5. The topological polar surface area (TPSA) is 51.1 Å². The summed E-state index contributed by atoms with van der Waals surface area (Å²) in [7, 11) is 0. The van der Waals surface area contributed by atoms with E-state index in [2.05, 4.69) is 35.8 Å². The van der Waals surface area contributed by atoms with Crippen molar-refractivity contribution in [1.82, 2.24) is 15.0 Å². The van der Waals surface area contributed by atoms with E-state index in [1.54, 1.807) is 12.4 Å². The van der Waals surface area contributed by atoms with Crippen molar-refractivity contribution in [3.05, 3.63) is 40.5 Å². The molecule has 5 nitrogen and oxygen atoms in total. The highest BCUT2D eigenvalue weighted by Crippen LogP contribution is 2.23. The summed E-state index contributed by atoms with van der Waals surface area (Å²) >= 11 is 3.41. The first-order chi connectivity index (χ1) is 10.1. The second kappa shape index (κ2) is 5.97. The molecular formula is C15H17BrN4O. The molecule has 6 heteroatoms. The van der Waals surface area contributed by atoms with Crippen LogP contribution in [0.2, 0.25) is 0 Å². The van der Waals surface area contributed by atoms with E-state index in [1.807, 2.05) is 26.0 Å². The van der Waals surface area contributed by atoms with Gasteiger partial charge in [0.15, 0.2) is 0 Å². The molecule has 0 saturated carbocycles. The fourth-order valence-corrected chi connectivity index (χ4v) is 2.88. The first-order valence-corrected chi connectivity index (χ1v) is 7.74. The van der Waals surface area contributed by atoms with Gasteiger partial charge in [-0.05, 0) is 35.8 Å². The van der Waals surface area contributed by atoms with Crippen molar-refractivity contribution < 1.29 is 4.74 Å². The van der Waals surface area contributed by atoms with Crippen LogP contribution in [0.4, 0.5) is 5.82 Å². The van der Waals surface area contributed by atoms with Gasteiger partial charge in [0.2, 0.25) is 0 Å².